The van der Waals surface area contributed by atoms with Crippen LogP contribution in [0.1, 0.15) is 28.8 Å². The van der Waals surface area contributed by atoms with Gasteiger partial charge in [0.15, 0.2) is 0 Å². The largest absolute Gasteiger partial charge is 0.337 e. The molecule has 0 aliphatic carbocycles. The van der Waals surface area contributed by atoms with Crippen LogP contribution in [0.4, 0.5) is 5.69 Å². The van der Waals surface area contributed by atoms with Gasteiger partial charge in [0.05, 0.1) is 5.92 Å². The van der Waals surface area contributed by atoms with Crippen LogP contribution in [0.5, 0.6) is 0 Å². The van der Waals surface area contributed by atoms with E-state index in [1.807, 2.05) is 41.8 Å². The van der Waals surface area contributed by atoms with Gasteiger partial charge in [0.2, 0.25) is 5.91 Å². The van der Waals surface area contributed by atoms with Gasteiger partial charge in [-0.15, -0.1) is 0 Å². The molecule has 2 fully saturated rings. The second kappa shape index (κ2) is 8.03. The van der Waals surface area contributed by atoms with E-state index in [4.69, 9.17) is 0 Å². The van der Waals surface area contributed by atoms with Crippen LogP contribution in [-0.4, -0.2) is 54.4 Å². The predicted molar refractivity (Wildman–Crippen MR) is 98.6 cm³/mol. The molecule has 0 saturated carbocycles. The van der Waals surface area contributed by atoms with Crippen molar-refractivity contribution in [2.75, 3.05) is 43.0 Å². The van der Waals surface area contributed by atoms with Gasteiger partial charge in [-0.3, -0.25) is 9.59 Å². The molecule has 2 saturated heterocycles. The number of anilines is 1. The minimum absolute atomic E-state index is 0.0108. The Hall–Kier alpha value is -1.53. The molecule has 2 N–H and O–H groups in total. The molecule has 2 aliphatic heterocycles. The van der Waals surface area contributed by atoms with Crippen molar-refractivity contribution in [3.8, 4) is 0 Å². The Morgan fingerprint density at radius 3 is 2.79 bits per heavy atom. The number of hydrogen-bond donors (Lipinski definition) is 2. The Balaban J connectivity index is 1.71. The summed E-state index contributed by atoms with van der Waals surface area (Å²) in [5.74, 6) is 2.11. The summed E-state index contributed by atoms with van der Waals surface area (Å²) in [6.45, 7) is 5.27. The zero-order valence-corrected chi connectivity index (χ0v) is 15.0. The maximum Gasteiger partial charge on any atom is 0.253 e. The van der Waals surface area contributed by atoms with Crippen LogP contribution >= 0.6 is 11.8 Å². The third-order valence-corrected chi connectivity index (χ3v) is 5.65. The quantitative estimate of drug-likeness (QED) is 0.879. The minimum Gasteiger partial charge on any atom is -0.337 e. The molecule has 3 rings (SSSR count). The van der Waals surface area contributed by atoms with E-state index < -0.39 is 0 Å². The van der Waals surface area contributed by atoms with Crippen molar-refractivity contribution in [3.05, 3.63) is 29.3 Å². The van der Waals surface area contributed by atoms with Crippen LogP contribution in [-0.2, 0) is 4.79 Å². The summed E-state index contributed by atoms with van der Waals surface area (Å²) < 4.78 is 0. The first kappa shape index (κ1) is 17.3. The normalized spacial score (nSPS) is 21.4. The second-order valence-corrected chi connectivity index (χ2v) is 7.69. The maximum atomic E-state index is 12.6. The molecular weight excluding hydrogens is 322 g/mol. The third kappa shape index (κ3) is 4.11. The number of aryl methyl sites for hydroxylation is 1. The molecule has 0 bridgehead atoms. The van der Waals surface area contributed by atoms with Gasteiger partial charge in [0, 0.05) is 42.4 Å². The van der Waals surface area contributed by atoms with Crippen molar-refractivity contribution in [1.82, 2.24) is 10.2 Å². The average molecular weight is 347 g/mol. The molecule has 1 aromatic carbocycles. The number of carbonyl (C=O) groups excluding carboxylic acids is 2. The summed E-state index contributed by atoms with van der Waals surface area (Å²) in [5.41, 5.74) is 2.39. The van der Waals surface area contributed by atoms with E-state index in [1.54, 1.807) is 0 Å². The van der Waals surface area contributed by atoms with E-state index in [9.17, 15) is 9.59 Å². The highest BCUT2D eigenvalue weighted by Crippen LogP contribution is 2.21. The van der Waals surface area contributed by atoms with Gasteiger partial charge in [-0.2, -0.15) is 11.8 Å². The molecule has 1 aromatic rings. The van der Waals surface area contributed by atoms with E-state index in [0.717, 1.165) is 61.8 Å². The fourth-order valence-corrected chi connectivity index (χ4v) is 4.05. The standard InChI is InChI=1S/C18H25N3O2S/c1-13-4-5-14(18(23)21-7-9-24-10-8-21)11-16(13)20-17(22)15-3-2-6-19-12-15/h4-5,11,15,19H,2-3,6-10,12H2,1H3,(H,20,22). The summed E-state index contributed by atoms with van der Waals surface area (Å²) in [6.07, 6.45) is 1.95. The SMILES string of the molecule is Cc1ccc(C(=O)N2CCSCC2)cc1NC(=O)C1CCCNC1. The summed E-state index contributed by atoms with van der Waals surface area (Å²) in [6, 6.07) is 5.60. The number of thioether (sulfide) groups is 1. The fraction of sp³-hybridized carbons (Fsp3) is 0.556. The topological polar surface area (TPSA) is 61.4 Å². The van der Waals surface area contributed by atoms with Crippen LogP contribution in [0, 0.1) is 12.8 Å². The van der Waals surface area contributed by atoms with Crippen LogP contribution < -0.4 is 10.6 Å². The van der Waals surface area contributed by atoms with Gasteiger partial charge in [-0.05, 0) is 44.0 Å². The number of nitrogens with zero attached hydrogens (tertiary/aromatic N) is 1. The van der Waals surface area contributed by atoms with Gasteiger partial charge in [-0.25, -0.2) is 0 Å². The Morgan fingerprint density at radius 2 is 2.08 bits per heavy atom. The Kier molecular flexibility index (Phi) is 5.79. The van der Waals surface area contributed by atoms with Crippen molar-refractivity contribution in [3.63, 3.8) is 0 Å². The number of amides is 2. The first-order valence-corrected chi connectivity index (χ1v) is 9.80. The zero-order valence-electron chi connectivity index (χ0n) is 14.1. The minimum atomic E-state index is 0.0108. The molecule has 0 spiro atoms. The highest BCUT2D eigenvalue weighted by atomic mass is 32.2. The number of nitrogens with one attached hydrogen (secondary N) is 2. The van der Waals surface area contributed by atoms with Gasteiger partial charge >= 0.3 is 0 Å². The Labute approximate surface area is 147 Å². The van der Waals surface area contributed by atoms with Crippen molar-refractivity contribution in [1.29, 1.82) is 0 Å². The van der Waals surface area contributed by atoms with Crippen molar-refractivity contribution in [2.24, 2.45) is 5.92 Å². The highest BCUT2D eigenvalue weighted by molar-refractivity contribution is 7.99. The first-order chi connectivity index (χ1) is 11.6. The monoisotopic (exact) mass is 347 g/mol. The summed E-state index contributed by atoms with van der Waals surface area (Å²) >= 11 is 1.88. The summed E-state index contributed by atoms with van der Waals surface area (Å²) in [7, 11) is 0. The Bertz CT molecular complexity index is 608. The Morgan fingerprint density at radius 1 is 1.29 bits per heavy atom. The third-order valence-electron chi connectivity index (χ3n) is 4.71. The predicted octanol–water partition coefficient (Wildman–Crippen LogP) is 2.12. The van der Waals surface area contributed by atoms with Crippen LogP contribution in [0.15, 0.2) is 18.2 Å². The van der Waals surface area contributed by atoms with Crippen molar-refractivity contribution in [2.45, 2.75) is 19.8 Å². The molecule has 0 aromatic heterocycles. The van der Waals surface area contributed by atoms with E-state index in [2.05, 4.69) is 10.6 Å². The summed E-state index contributed by atoms with van der Waals surface area (Å²) in [4.78, 5) is 27.0. The van der Waals surface area contributed by atoms with Gasteiger partial charge in [0.1, 0.15) is 0 Å². The van der Waals surface area contributed by atoms with Gasteiger partial charge in [0.25, 0.3) is 5.91 Å². The molecule has 2 heterocycles. The van der Waals surface area contributed by atoms with E-state index in [0.29, 0.717) is 5.56 Å². The van der Waals surface area contributed by atoms with E-state index in [-0.39, 0.29) is 17.7 Å². The molecule has 2 amide bonds. The molecule has 5 nitrogen and oxygen atoms in total. The molecular formula is C18H25N3O2S. The number of hydrogen-bond acceptors (Lipinski definition) is 4. The summed E-state index contributed by atoms with van der Waals surface area (Å²) in [5, 5.41) is 6.29. The molecule has 130 valence electrons. The number of benzene rings is 1. The number of piperidine rings is 1. The van der Waals surface area contributed by atoms with Gasteiger partial charge in [-0.1, -0.05) is 6.07 Å². The lowest BCUT2D eigenvalue weighted by Gasteiger charge is -2.27. The van der Waals surface area contributed by atoms with Crippen molar-refractivity contribution < 1.29 is 9.59 Å². The van der Waals surface area contributed by atoms with Crippen LogP contribution in [0.3, 0.4) is 0 Å². The molecule has 0 radical (unpaired) electrons. The molecule has 1 unspecified atom stereocenters. The first-order valence-electron chi connectivity index (χ1n) is 8.64. The molecule has 6 heteroatoms. The number of carbonyl (C=O) groups is 2. The van der Waals surface area contributed by atoms with E-state index in [1.165, 1.54) is 0 Å². The average Bonchev–Trinajstić information content (AvgIpc) is 2.64. The van der Waals surface area contributed by atoms with Crippen LogP contribution in [0.25, 0.3) is 0 Å². The highest BCUT2D eigenvalue weighted by Gasteiger charge is 2.23. The molecule has 24 heavy (non-hydrogen) atoms. The number of rotatable bonds is 3. The molecule has 2 aliphatic rings. The smallest absolute Gasteiger partial charge is 0.253 e. The lowest BCUT2D eigenvalue weighted by Crippen LogP contribution is -2.38. The second-order valence-electron chi connectivity index (χ2n) is 6.47. The maximum absolute atomic E-state index is 12.6. The van der Waals surface area contributed by atoms with Crippen LogP contribution in [0.2, 0.25) is 0 Å². The molecule has 1 atom stereocenters. The zero-order chi connectivity index (χ0) is 16.9. The van der Waals surface area contributed by atoms with Crippen molar-refractivity contribution >= 4 is 29.3 Å². The fourth-order valence-electron chi connectivity index (χ4n) is 3.15. The van der Waals surface area contributed by atoms with Gasteiger partial charge < -0.3 is 15.5 Å². The lowest BCUT2D eigenvalue weighted by molar-refractivity contribution is -0.120. The van der Waals surface area contributed by atoms with E-state index >= 15 is 0 Å². The lowest BCUT2D eigenvalue weighted by atomic mass is 9.98.